The zero-order chi connectivity index (χ0) is 22.2. The first-order valence-corrected chi connectivity index (χ1v) is 11.1. The Hall–Kier alpha value is -3.47. The number of likely N-dealkylation sites (tertiary alicyclic amines) is 1. The molecule has 1 amide bonds. The lowest BCUT2D eigenvalue weighted by Gasteiger charge is -2.37. The van der Waals surface area contributed by atoms with Crippen molar-refractivity contribution in [2.45, 2.75) is 31.8 Å². The topological polar surface area (TPSA) is 43.7 Å². The second-order valence-corrected chi connectivity index (χ2v) is 8.43. The number of piperidine rings is 1. The van der Waals surface area contributed by atoms with Crippen molar-refractivity contribution in [1.82, 2.24) is 9.47 Å². The van der Waals surface area contributed by atoms with Gasteiger partial charge in [0, 0.05) is 41.8 Å². The largest absolute Gasteiger partial charge is 0.496 e. The highest BCUT2D eigenvalue weighted by atomic mass is 16.5. The fourth-order valence-electron chi connectivity index (χ4n) is 5.14. The van der Waals surface area contributed by atoms with Crippen LogP contribution in [-0.2, 0) is 18.4 Å². The smallest absolute Gasteiger partial charge is 0.223 e. The molecule has 1 saturated heterocycles. The summed E-state index contributed by atoms with van der Waals surface area (Å²) >= 11 is 0. The summed E-state index contributed by atoms with van der Waals surface area (Å²) in [4.78, 5) is 15.1. The first-order chi connectivity index (χ1) is 15.6. The van der Waals surface area contributed by atoms with Gasteiger partial charge in [-0.1, -0.05) is 30.3 Å². The van der Waals surface area contributed by atoms with E-state index in [0.717, 1.165) is 35.5 Å². The average Bonchev–Trinajstić information content (AvgIpc) is 3.11. The average molecular weight is 429 g/mol. The van der Waals surface area contributed by atoms with Crippen LogP contribution < -0.4 is 9.47 Å². The lowest BCUT2D eigenvalue weighted by atomic mass is 9.92. The van der Waals surface area contributed by atoms with Gasteiger partial charge < -0.3 is 18.9 Å². The molecule has 1 aliphatic rings. The van der Waals surface area contributed by atoms with Crippen LogP contribution in [0.25, 0.3) is 21.8 Å². The second-order valence-electron chi connectivity index (χ2n) is 8.43. The van der Waals surface area contributed by atoms with Gasteiger partial charge >= 0.3 is 0 Å². The molecule has 1 aliphatic heterocycles. The molecule has 1 aromatic heterocycles. The van der Waals surface area contributed by atoms with E-state index in [9.17, 15) is 4.79 Å². The van der Waals surface area contributed by atoms with E-state index in [1.807, 2.05) is 23.1 Å². The number of hydrogen-bond acceptors (Lipinski definition) is 3. The summed E-state index contributed by atoms with van der Waals surface area (Å²) in [7, 11) is 5.44. The van der Waals surface area contributed by atoms with Crippen molar-refractivity contribution in [1.29, 1.82) is 0 Å². The van der Waals surface area contributed by atoms with Crippen molar-refractivity contribution >= 4 is 27.7 Å². The molecule has 164 valence electrons. The first kappa shape index (κ1) is 20.4. The molecule has 1 unspecified atom stereocenters. The first-order valence-electron chi connectivity index (χ1n) is 11.1. The van der Waals surface area contributed by atoms with Crippen LogP contribution in [0.3, 0.4) is 0 Å². The van der Waals surface area contributed by atoms with Gasteiger partial charge in [0.1, 0.15) is 11.5 Å². The van der Waals surface area contributed by atoms with E-state index in [-0.39, 0.29) is 11.9 Å². The monoisotopic (exact) mass is 428 g/mol. The van der Waals surface area contributed by atoms with Crippen LogP contribution in [0.4, 0.5) is 0 Å². The van der Waals surface area contributed by atoms with E-state index in [2.05, 4.69) is 54.1 Å². The lowest BCUT2D eigenvalue weighted by Crippen LogP contribution is -2.38. The Morgan fingerprint density at radius 3 is 2.38 bits per heavy atom. The van der Waals surface area contributed by atoms with Crippen LogP contribution >= 0.6 is 0 Å². The van der Waals surface area contributed by atoms with Gasteiger partial charge in [-0.05, 0) is 48.7 Å². The number of hydrogen-bond donors (Lipinski definition) is 0. The Balaban J connectivity index is 1.57. The van der Waals surface area contributed by atoms with Crippen LogP contribution in [0.15, 0.2) is 60.7 Å². The summed E-state index contributed by atoms with van der Waals surface area (Å²) in [5, 5.41) is 2.45. The van der Waals surface area contributed by atoms with Gasteiger partial charge in [-0.3, -0.25) is 4.79 Å². The molecule has 1 atom stereocenters. The predicted octanol–water partition coefficient (Wildman–Crippen LogP) is 5.60. The molecule has 4 aromatic rings. The van der Waals surface area contributed by atoms with Crippen LogP contribution in [0.1, 0.15) is 36.4 Å². The maximum absolute atomic E-state index is 13.1. The zero-order valence-electron chi connectivity index (χ0n) is 18.8. The molecule has 5 nitrogen and oxygen atoms in total. The van der Waals surface area contributed by atoms with E-state index >= 15 is 0 Å². The Bertz CT molecular complexity index is 1280. The number of carbonyl (C=O) groups excluding carboxylic acids is 1. The maximum atomic E-state index is 13.1. The third kappa shape index (κ3) is 3.29. The Morgan fingerprint density at radius 1 is 0.906 bits per heavy atom. The van der Waals surface area contributed by atoms with Gasteiger partial charge in [0.05, 0.1) is 25.8 Å². The quantitative estimate of drug-likeness (QED) is 0.415. The third-order valence-electron chi connectivity index (χ3n) is 6.69. The number of carbonyl (C=O) groups is 1. The van der Waals surface area contributed by atoms with Crippen LogP contribution in [-0.4, -0.2) is 29.6 Å². The summed E-state index contributed by atoms with van der Waals surface area (Å²) in [5.74, 6) is 1.70. The van der Waals surface area contributed by atoms with Crippen LogP contribution in [0.5, 0.6) is 11.5 Å². The van der Waals surface area contributed by atoms with Gasteiger partial charge in [0.25, 0.3) is 0 Å². The van der Waals surface area contributed by atoms with Gasteiger partial charge in [-0.15, -0.1) is 0 Å². The van der Waals surface area contributed by atoms with Crippen molar-refractivity contribution in [3.8, 4) is 11.5 Å². The second kappa shape index (κ2) is 8.23. The van der Waals surface area contributed by atoms with Crippen molar-refractivity contribution in [3.05, 3.63) is 71.8 Å². The third-order valence-corrected chi connectivity index (χ3v) is 6.69. The Kier molecular flexibility index (Phi) is 5.25. The molecule has 0 aliphatic carbocycles. The molecule has 5 rings (SSSR count). The van der Waals surface area contributed by atoms with E-state index < -0.39 is 0 Å². The van der Waals surface area contributed by atoms with E-state index in [4.69, 9.17) is 9.47 Å². The van der Waals surface area contributed by atoms with Crippen LogP contribution in [0, 0.1) is 0 Å². The zero-order valence-corrected chi connectivity index (χ0v) is 18.8. The highest BCUT2D eigenvalue weighted by molar-refractivity contribution is 6.08. The van der Waals surface area contributed by atoms with Crippen molar-refractivity contribution in [2.24, 2.45) is 7.05 Å². The summed E-state index contributed by atoms with van der Waals surface area (Å²) in [6.45, 7) is 0.559. The van der Waals surface area contributed by atoms with Gasteiger partial charge in [-0.2, -0.15) is 0 Å². The molecule has 0 N–H and O–H groups in total. The number of nitrogens with zero attached hydrogens (tertiary/aromatic N) is 2. The van der Waals surface area contributed by atoms with Gasteiger partial charge in [0.2, 0.25) is 5.91 Å². The Morgan fingerprint density at radius 2 is 1.62 bits per heavy atom. The summed E-state index contributed by atoms with van der Waals surface area (Å²) in [6.07, 6.45) is 2.33. The normalized spacial score (nSPS) is 16.7. The number of amides is 1. The summed E-state index contributed by atoms with van der Waals surface area (Å²) in [6, 6.07) is 20.7. The maximum Gasteiger partial charge on any atom is 0.223 e. The number of ether oxygens (including phenoxy) is 2. The van der Waals surface area contributed by atoms with E-state index in [1.54, 1.807) is 14.2 Å². The molecule has 0 radical (unpaired) electrons. The van der Waals surface area contributed by atoms with Gasteiger partial charge in [-0.25, -0.2) is 0 Å². The summed E-state index contributed by atoms with van der Waals surface area (Å²) in [5.41, 5.74) is 4.49. The summed E-state index contributed by atoms with van der Waals surface area (Å²) < 4.78 is 13.6. The number of rotatable bonds is 5. The number of methoxy groups -OCH3 is 2. The highest BCUT2D eigenvalue weighted by Crippen LogP contribution is 2.42. The fraction of sp³-hybridized carbons (Fsp3) is 0.296. The number of aryl methyl sites for hydroxylation is 1. The minimum Gasteiger partial charge on any atom is -0.496 e. The molecule has 0 bridgehead atoms. The molecule has 0 spiro atoms. The molecular weight excluding hydrogens is 400 g/mol. The van der Waals surface area contributed by atoms with E-state index in [0.29, 0.717) is 13.0 Å². The molecule has 1 fully saturated rings. The highest BCUT2D eigenvalue weighted by Gasteiger charge is 2.33. The SMILES string of the molecule is COc1cccc(OC)c1C1CCCC(=O)N1Cc1ccc2c(c1)c1ccccc1n2C. The molecule has 3 aromatic carbocycles. The number of benzene rings is 3. The number of fused-ring (bicyclic) bond motifs is 3. The standard InChI is InChI=1S/C27H28N2O3/c1-28-21-9-5-4-8-19(21)20-16-18(14-15-22(20)28)17-29-23(10-6-13-26(29)30)27-24(31-2)11-7-12-25(27)32-3/h4-5,7-9,11-12,14-16,23H,6,10,13,17H2,1-3H3. The fourth-order valence-corrected chi connectivity index (χ4v) is 5.14. The van der Waals surface area contributed by atoms with Crippen LogP contribution in [0.2, 0.25) is 0 Å². The lowest BCUT2D eigenvalue weighted by molar-refractivity contribution is -0.137. The Labute approximate surface area is 188 Å². The van der Waals surface area contributed by atoms with E-state index in [1.165, 1.54) is 21.8 Å². The molecule has 2 heterocycles. The van der Waals surface area contributed by atoms with Crippen molar-refractivity contribution < 1.29 is 14.3 Å². The minimum atomic E-state index is -0.0782. The number of para-hydroxylation sites is 1. The molecule has 32 heavy (non-hydrogen) atoms. The van der Waals surface area contributed by atoms with Crippen molar-refractivity contribution in [3.63, 3.8) is 0 Å². The molecule has 0 saturated carbocycles. The van der Waals surface area contributed by atoms with Crippen molar-refractivity contribution in [2.75, 3.05) is 14.2 Å². The molecular formula is C27H28N2O3. The minimum absolute atomic E-state index is 0.0782. The van der Waals surface area contributed by atoms with Gasteiger partial charge in [0.15, 0.2) is 0 Å². The molecule has 5 heteroatoms. The number of aromatic nitrogens is 1. The predicted molar refractivity (Wildman–Crippen MR) is 127 cm³/mol.